The Bertz CT molecular complexity index is 697. The minimum atomic E-state index is -0.0924. The molecule has 0 spiro atoms. The summed E-state index contributed by atoms with van der Waals surface area (Å²) >= 11 is 0. The van der Waals surface area contributed by atoms with Gasteiger partial charge in [0.2, 0.25) is 0 Å². The van der Waals surface area contributed by atoms with Gasteiger partial charge in [-0.25, -0.2) is 4.98 Å². The fourth-order valence-electron chi connectivity index (χ4n) is 2.40. The lowest BCUT2D eigenvalue weighted by atomic mass is 9.97. The number of aromatic nitrogens is 1. The summed E-state index contributed by atoms with van der Waals surface area (Å²) in [6.07, 6.45) is 1.57. The molecule has 0 atom stereocenters. The molecule has 0 unspecified atom stereocenters. The summed E-state index contributed by atoms with van der Waals surface area (Å²) in [5.74, 6) is 2.36. The molecular weight excluding hydrogens is 316 g/mol. The highest BCUT2D eigenvalue weighted by Gasteiger charge is 2.22. The first-order chi connectivity index (χ1) is 11.8. The van der Waals surface area contributed by atoms with Crippen molar-refractivity contribution in [3.63, 3.8) is 0 Å². The summed E-state index contributed by atoms with van der Waals surface area (Å²) in [7, 11) is 0. The van der Waals surface area contributed by atoms with Crippen molar-refractivity contribution in [3.8, 4) is 5.75 Å². The molecule has 0 saturated carbocycles. The number of rotatable bonds is 7. The number of hydrogen-bond acceptors (Lipinski definition) is 4. The molecule has 1 N–H and O–H groups in total. The van der Waals surface area contributed by atoms with Gasteiger partial charge < -0.3 is 14.5 Å². The molecule has 5 nitrogen and oxygen atoms in total. The average Bonchev–Trinajstić information content (AvgIpc) is 2.94. The Kier molecular flexibility index (Phi) is 6.23. The minimum absolute atomic E-state index is 0.0762. The van der Waals surface area contributed by atoms with E-state index >= 15 is 0 Å². The second kappa shape index (κ2) is 8.19. The van der Waals surface area contributed by atoms with Crippen LogP contribution in [0.4, 0.5) is 0 Å². The first-order valence-corrected chi connectivity index (χ1v) is 8.79. The van der Waals surface area contributed by atoms with Crippen molar-refractivity contribution in [2.24, 2.45) is 0 Å². The van der Waals surface area contributed by atoms with E-state index in [1.54, 1.807) is 12.1 Å². The zero-order valence-corrected chi connectivity index (χ0v) is 15.8. The number of aryl methyl sites for hydroxylation is 2. The lowest BCUT2D eigenvalue weighted by molar-refractivity contribution is 0.0953. The topological polar surface area (TPSA) is 64.4 Å². The Morgan fingerprint density at radius 1 is 1.24 bits per heavy atom. The predicted molar refractivity (Wildman–Crippen MR) is 98.2 cm³/mol. The van der Waals surface area contributed by atoms with E-state index in [1.165, 1.54) is 0 Å². The van der Waals surface area contributed by atoms with Crippen molar-refractivity contribution < 1.29 is 13.9 Å². The highest BCUT2D eigenvalue weighted by molar-refractivity contribution is 5.94. The number of nitrogens with one attached hydrogen (secondary N) is 1. The van der Waals surface area contributed by atoms with Crippen molar-refractivity contribution in [1.29, 1.82) is 0 Å². The van der Waals surface area contributed by atoms with Crippen LogP contribution in [0.5, 0.6) is 5.75 Å². The molecule has 0 aliphatic carbocycles. The Morgan fingerprint density at radius 3 is 2.48 bits per heavy atom. The molecule has 1 amide bonds. The molecule has 0 saturated heterocycles. The van der Waals surface area contributed by atoms with Gasteiger partial charge in [0, 0.05) is 23.9 Å². The molecule has 0 radical (unpaired) electrons. The largest absolute Gasteiger partial charge is 0.494 e. The summed E-state index contributed by atoms with van der Waals surface area (Å²) < 4.78 is 11.2. The van der Waals surface area contributed by atoms with Crippen molar-refractivity contribution >= 4 is 5.91 Å². The van der Waals surface area contributed by atoms with Gasteiger partial charge in [0.15, 0.2) is 5.89 Å². The van der Waals surface area contributed by atoms with E-state index in [2.05, 4.69) is 31.1 Å². The van der Waals surface area contributed by atoms with E-state index in [1.807, 2.05) is 26.0 Å². The van der Waals surface area contributed by atoms with Crippen LogP contribution in [0.1, 0.15) is 61.8 Å². The standard InChI is InChI=1S/C20H28N2O3/c1-6-24-16-11-9-15(10-12-16)18(23)21-13-7-8-17-14(2)22-19(25-17)20(3,4)5/h9-12H,6-8,13H2,1-5H3,(H,21,23). The van der Waals surface area contributed by atoms with Crippen LogP contribution in [0.2, 0.25) is 0 Å². The third-order valence-corrected chi connectivity index (χ3v) is 3.83. The summed E-state index contributed by atoms with van der Waals surface area (Å²) in [5.41, 5.74) is 1.47. The van der Waals surface area contributed by atoms with Gasteiger partial charge in [-0.15, -0.1) is 0 Å². The van der Waals surface area contributed by atoms with Crippen LogP contribution in [0.15, 0.2) is 28.7 Å². The van der Waals surface area contributed by atoms with E-state index < -0.39 is 0 Å². The quantitative estimate of drug-likeness (QED) is 0.770. The fourth-order valence-corrected chi connectivity index (χ4v) is 2.40. The molecule has 0 fully saturated rings. The smallest absolute Gasteiger partial charge is 0.251 e. The van der Waals surface area contributed by atoms with Crippen molar-refractivity contribution in [1.82, 2.24) is 10.3 Å². The monoisotopic (exact) mass is 344 g/mol. The first-order valence-electron chi connectivity index (χ1n) is 8.79. The molecule has 2 aromatic rings. The zero-order chi connectivity index (χ0) is 18.4. The van der Waals surface area contributed by atoms with Gasteiger partial charge in [-0.1, -0.05) is 20.8 Å². The van der Waals surface area contributed by atoms with Crippen molar-refractivity contribution in [3.05, 3.63) is 47.2 Å². The Morgan fingerprint density at radius 2 is 1.92 bits per heavy atom. The lowest BCUT2D eigenvalue weighted by Crippen LogP contribution is -2.24. The van der Waals surface area contributed by atoms with Crippen LogP contribution in [-0.2, 0) is 11.8 Å². The summed E-state index contributed by atoms with van der Waals surface area (Å²) in [5, 5.41) is 2.94. The van der Waals surface area contributed by atoms with E-state index in [4.69, 9.17) is 9.15 Å². The van der Waals surface area contributed by atoms with Crippen molar-refractivity contribution in [2.75, 3.05) is 13.2 Å². The normalized spacial score (nSPS) is 11.4. The minimum Gasteiger partial charge on any atom is -0.494 e. The van der Waals surface area contributed by atoms with Gasteiger partial charge in [0.25, 0.3) is 5.91 Å². The first kappa shape index (κ1) is 19.0. The highest BCUT2D eigenvalue weighted by atomic mass is 16.5. The van der Waals surface area contributed by atoms with Crippen LogP contribution in [-0.4, -0.2) is 24.0 Å². The molecule has 25 heavy (non-hydrogen) atoms. The molecular formula is C20H28N2O3. The second-order valence-corrected chi connectivity index (χ2v) is 7.09. The number of ether oxygens (including phenoxy) is 1. The molecule has 0 bridgehead atoms. The molecule has 5 heteroatoms. The Balaban J connectivity index is 1.81. The maximum atomic E-state index is 12.1. The second-order valence-electron chi connectivity index (χ2n) is 7.09. The average molecular weight is 344 g/mol. The number of hydrogen-bond donors (Lipinski definition) is 1. The number of nitrogens with zero attached hydrogens (tertiary/aromatic N) is 1. The van der Waals surface area contributed by atoms with Crippen LogP contribution >= 0.6 is 0 Å². The summed E-state index contributed by atoms with van der Waals surface area (Å²) in [6.45, 7) is 11.4. The Hall–Kier alpha value is -2.30. The van der Waals surface area contributed by atoms with Crippen LogP contribution in [0.3, 0.4) is 0 Å². The van der Waals surface area contributed by atoms with E-state index in [0.717, 1.165) is 35.9 Å². The van der Waals surface area contributed by atoms with E-state index in [-0.39, 0.29) is 11.3 Å². The highest BCUT2D eigenvalue weighted by Crippen LogP contribution is 2.24. The van der Waals surface area contributed by atoms with Crippen LogP contribution < -0.4 is 10.1 Å². The third-order valence-electron chi connectivity index (χ3n) is 3.83. The number of carbonyl (C=O) groups excluding carboxylic acids is 1. The SMILES string of the molecule is CCOc1ccc(C(=O)NCCCc2oc(C(C)(C)C)nc2C)cc1. The molecule has 1 aromatic heterocycles. The van der Waals surface area contributed by atoms with Gasteiger partial charge in [0.1, 0.15) is 11.5 Å². The number of benzene rings is 1. The molecule has 0 aliphatic heterocycles. The summed E-state index contributed by atoms with van der Waals surface area (Å²) in [4.78, 5) is 16.6. The van der Waals surface area contributed by atoms with E-state index in [0.29, 0.717) is 18.7 Å². The molecule has 2 rings (SSSR count). The number of carbonyl (C=O) groups is 1. The number of oxazole rings is 1. The maximum absolute atomic E-state index is 12.1. The molecule has 1 heterocycles. The molecule has 0 aliphatic rings. The van der Waals surface area contributed by atoms with Gasteiger partial charge >= 0.3 is 0 Å². The summed E-state index contributed by atoms with van der Waals surface area (Å²) in [6, 6.07) is 7.17. The molecule has 136 valence electrons. The third kappa shape index (κ3) is 5.34. The van der Waals surface area contributed by atoms with E-state index in [9.17, 15) is 4.79 Å². The maximum Gasteiger partial charge on any atom is 0.251 e. The van der Waals surface area contributed by atoms with Gasteiger partial charge in [-0.2, -0.15) is 0 Å². The van der Waals surface area contributed by atoms with Crippen LogP contribution in [0, 0.1) is 6.92 Å². The fraction of sp³-hybridized carbons (Fsp3) is 0.500. The molecule has 1 aromatic carbocycles. The lowest BCUT2D eigenvalue weighted by Gasteiger charge is -2.12. The van der Waals surface area contributed by atoms with Crippen LogP contribution in [0.25, 0.3) is 0 Å². The van der Waals surface area contributed by atoms with Gasteiger partial charge in [-0.3, -0.25) is 4.79 Å². The predicted octanol–water partition coefficient (Wildman–Crippen LogP) is 4.04. The zero-order valence-electron chi connectivity index (χ0n) is 15.8. The Labute approximate surface area is 149 Å². The van der Waals surface area contributed by atoms with Crippen molar-refractivity contribution in [2.45, 2.75) is 52.9 Å². The van der Waals surface area contributed by atoms with Gasteiger partial charge in [0.05, 0.1) is 12.3 Å². The number of amides is 1. The van der Waals surface area contributed by atoms with Gasteiger partial charge in [-0.05, 0) is 44.5 Å².